The third kappa shape index (κ3) is 4.92. The van der Waals surface area contributed by atoms with E-state index in [9.17, 15) is 9.90 Å². The Morgan fingerprint density at radius 1 is 1.18 bits per heavy atom. The van der Waals surface area contributed by atoms with Crippen LogP contribution in [0.2, 0.25) is 0 Å². The number of furan rings is 1. The van der Waals surface area contributed by atoms with Crippen molar-refractivity contribution in [2.75, 3.05) is 26.7 Å². The molecule has 1 amide bonds. The summed E-state index contributed by atoms with van der Waals surface area (Å²) in [5.74, 6) is 0.115. The van der Waals surface area contributed by atoms with Crippen molar-refractivity contribution >= 4 is 28.2 Å². The highest BCUT2D eigenvalue weighted by Crippen LogP contribution is 2.35. The van der Waals surface area contributed by atoms with Gasteiger partial charge in [0.1, 0.15) is 5.58 Å². The Kier molecular flexibility index (Phi) is 6.50. The molecule has 0 radical (unpaired) electrons. The fraction of sp³-hybridized carbons (Fsp3) is 0.333. The first kappa shape index (κ1) is 22.8. The van der Waals surface area contributed by atoms with Gasteiger partial charge in [-0.05, 0) is 48.6 Å². The van der Waals surface area contributed by atoms with Crippen molar-refractivity contribution in [3.8, 4) is 0 Å². The fourth-order valence-corrected chi connectivity index (χ4v) is 5.17. The Morgan fingerprint density at radius 3 is 2.71 bits per heavy atom. The average Bonchev–Trinajstić information content (AvgIpc) is 3.53. The van der Waals surface area contributed by atoms with Gasteiger partial charge in [0.15, 0.2) is 5.76 Å². The molecule has 6 nitrogen and oxygen atoms in total. The minimum absolute atomic E-state index is 0.184. The van der Waals surface area contributed by atoms with Gasteiger partial charge in [-0.1, -0.05) is 36.4 Å². The number of nitrogens with zero attached hydrogens (tertiary/aromatic N) is 3. The number of carbonyl (C=O) groups is 1. The van der Waals surface area contributed by atoms with E-state index in [1.54, 1.807) is 23.5 Å². The first-order valence-corrected chi connectivity index (χ1v) is 12.6. The summed E-state index contributed by atoms with van der Waals surface area (Å²) in [7, 11) is 1.74. The number of likely N-dealkylation sites (tertiary alicyclic amines) is 1. The van der Waals surface area contributed by atoms with Crippen LogP contribution in [0.4, 0.5) is 0 Å². The summed E-state index contributed by atoms with van der Waals surface area (Å²) in [5.41, 5.74) is 4.64. The molecule has 0 spiro atoms. The van der Waals surface area contributed by atoms with E-state index in [1.165, 1.54) is 16.9 Å². The summed E-state index contributed by atoms with van der Waals surface area (Å²) < 4.78 is 5.84. The van der Waals surface area contributed by atoms with Crippen LogP contribution in [0.3, 0.4) is 0 Å². The van der Waals surface area contributed by atoms with E-state index in [-0.39, 0.29) is 5.91 Å². The van der Waals surface area contributed by atoms with E-state index in [2.05, 4.69) is 34.1 Å². The van der Waals surface area contributed by atoms with Crippen molar-refractivity contribution in [3.63, 3.8) is 0 Å². The van der Waals surface area contributed by atoms with Crippen LogP contribution in [0.1, 0.15) is 40.2 Å². The molecule has 0 aliphatic carbocycles. The van der Waals surface area contributed by atoms with Crippen LogP contribution in [0.15, 0.2) is 69.9 Å². The van der Waals surface area contributed by atoms with Crippen LogP contribution in [0, 0.1) is 0 Å². The number of benzene rings is 2. The van der Waals surface area contributed by atoms with E-state index in [4.69, 9.17) is 4.42 Å². The molecule has 0 atom stereocenters. The number of hydrogen-bond donors (Lipinski definition) is 1. The largest absolute Gasteiger partial charge is 0.451 e. The molecular formula is C27H29N3O3S. The second-order valence-electron chi connectivity index (χ2n) is 9.11. The zero-order valence-corrected chi connectivity index (χ0v) is 20.1. The molecule has 0 saturated carbocycles. The maximum Gasteiger partial charge on any atom is 0.289 e. The Balaban J connectivity index is 1.24. The second-order valence-corrected chi connectivity index (χ2v) is 9.83. The fourth-order valence-electron chi connectivity index (χ4n) is 4.62. The van der Waals surface area contributed by atoms with Crippen molar-refractivity contribution < 1.29 is 14.3 Å². The van der Waals surface area contributed by atoms with Gasteiger partial charge in [-0.2, -0.15) is 0 Å². The predicted octanol–water partition coefficient (Wildman–Crippen LogP) is 4.69. The zero-order chi connectivity index (χ0) is 23.5. The minimum Gasteiger partial charge on any atom is -0.451 e. The van der Waals surface area contributed by atoms with Gasteiger partial charge in [-0.25, -0.2) is 4.98 Å². The van der Waals surface area contributed by atoms with Crippen molar-refractivity contribution in [1.82, 2.24) is 14.8 Å². The third-order valence-electron chi connectivity index (χ3n) is 6.74. The number of amides is 1. The number of hydrogen-bond acceptors (Lipinski definition) is 6. The molecule has 1 N–H and O–H groups in total. The SMILES string of the molecule is CN(Cc1cscn1)C(=O)c1cc2cc(C3(O)CCN(CCc4ccccc4)CC3)ccc2o1. The van der Waals surface area contributed by atoms with E-state index in [0.717, 1.165) is 42.7 Å². The maximum atomic E-state index is 12.8. The zero-order valence-electron chi connectivity index (χ0n) is 19.3. The van der Waals surface area contributed by atoms with Crippen LogP contribution in [0.25, 0.3) is 11.0 Å². The van der Waals surface area contributed by atoms with Crippen molar-refractivity contribution in [1.29, 1.82) is 0 Å². The van der Waals surface area contributed by atoms with Crippen LogP contribution in [0.5, 0.6) is 0 Å². The number of rotatable bonds is 7. The minimum atomic E-state index is -0.861. The molecule has 7 heteroatoms. The Labute approximate surface area is 203 Å². The highest BCUT2D eigenvalue weighted by atomic mass is 32.1. The van der Waals surface area contributed by atoms with E-state index >= 15 is 0 Å². The molecule has 5 rings (SSSR count). The van der Waals surface area contributed by atoms with E-state index < -0.39 is 5.60 Å². The van der Waals surface area contributed by atoms with Crippen LogP contribution in [-0.4, -0.2) is 52.5 Å². The smallest absolute Gasteiger partial charge is 0.289 e. The quantitative estimate of drug-likeness (QED) is 0.420. The van der Waals surface area contributed by atoms with Gasteiger partial charge in [0, 0.05) is 37.4 Å². The highest BCUT2D eigenvalue weighted by molar-refractivity contribution is 7.07. The number of fused-ring (bicyclic) bond motifs is 1. The number of piperidine rings is 1. The standard InChI is InChI=1S/C27H29N3O3S/c1-29(17-23-18-34-19-28-23)26(31)25-16-21-15-22(7-8-24(21)33-25)27(32)10-13-30(14-11-27)12-9-20-5-3-2-4-6-20/h2-8,15-16,18-19,32H,9-14,17H2,1H3. The third-order valence-corrected chi connectivity index (χ3v) is 7.37. The Bertz CT molecular complexity index is 1240. The molecule has 3 heterocycles. The van der Waals surface area contributed by atoms with Gasteiger partial charge >= 0.3 is 0 Å². The van der Waals surface area contributed by atoms with E-state index in [0.29, 0.717) is 30.7 Å². The topological polar surface area (TPSA) is 69.8 Å². The van der Waals surface area contributed by atoms with Gasteiger partial charge in [0.25, 0.3) is 5.91 Å². The first-order valence-electron chi connectivity index (χ1n) is 11.7. The molecule has 1 aliphatic heterocycles. The van der Waals surface area contributed by atoms with Gasteiger partial charge in [0.05, 0.1) is 23.4 Å². The lowest BCUT2D eigenvalue weighted by Crippen LogP contribution is -2.43. The number of aromatic nitrogens is 1. The van der Waals surface area contributed by atoms with Gasteiger partial charge in [-0.3, -0.25) is 4.79 Å². The normalized spacial score (nSPS) is 16.1. The Morgan fingerprint density at radius 2 is 1.97 bits per heavy atom. The predicted molar refractivity (Wildman–Crippen MR) is 134 cm³/mol. The first-order chi connectivity index (χ1) is 16.5. The number of thiazole rings is 1. The molecule has 1 aliphatic rings. The molecule has 176 valence electrons. The van der Waals surface area contributed by atoms with Gasteiger partial charge in [0.2, 0.25) is 0 Å². The second kappa shape index (κ2) is 9.70. The molecule has 1 saturated heterocycles. The lowest BCUT2D eigenvalue weighted by Gasteiger charge is -2.38. The Hall–Kier alpha value is -3.00. The number of carbonyl (C=O) groups excluding carboxylic acids is 1. The summed E-state index contributed by atoms with van der Waals surface area (Å²) >= 11 is 1.51. The van der Waals surface area contributed by atoms with Crippen LogP contribution in [-0.2, 0) is 18.6 Å². The molecule has 0 bridgehead atoms. The van der Waals surface area contributed by atoms with Gasteiger partial charge in [-0.15, -0.1) is 11.3 Å². The molecule has 0 unspecified atom stereocenters. The molecule has 1 fully saturated rings. The van der Waals surface area contributed by atoms with Crippen molar-refractivity contribution in [2.24, 2.45) is 0 Å². The molecular weight excluding hydrogens is 446 g/mol. The molecule has 2 aromatic carbocycles. The summed E-state index contributed by atoms with van der Waals surface area (Å²) in [6.07, 6.45) is 2.40. The number of aliphatic hydroxyl groups is 1. The lowest BCUT2D eigenvalue weighted by molar-refractivity contribution is -0.0254. The maximum absolute atomic E-state index is 12.8. The summed E-state index contributed by atoms with van der Waals surface area (Å²) in [4.78, 5) is 21.1. The summed E-state index contributed by atoms with van der Waals surface area (Å²) in [6, 6.07) is 18.1. The van der Waals surface area contributed by atoms with Crippen LogP contribution < -0.4 is 0 Å². The molecule has 4 aromatic rings. The average molecular weight is 476 g/mol. The summed E-state index contributed by atoms with van der Waals surface area (Å²) in [5, 5.41) is 14.2. The molecule has 34 heavy (non-hydrogen) atoms. The van der Waals surface area contributed by atoms with Crippen molar-refractivity contribution in [3.05, 3.63) is 88.1 Å². The van der Waals surface area contributed by atoms with Crippen molar-refractivity contribution in [2.45, 2.75) is 31.4 Å². The van der Waals surface area contributed by atoms with Crippen LogP contribution >= 0.6 is 11.3 Å². The monoisotopic (exact) mass is 475 g/mol. The highest BCUT2D eigenvalue weighted by Gasteiger charge is 2.34. The van der Waals surface area contributed by atoms with Gasteiger partial charge < -0.3 is 19.3 Å². The molecule has 2 aromatic heterocycles. The summed E-state index contributed by atoms with van der Waals surface area (Å²) in [6.45, 7) is 3.15. The lowest BCUT2D eigenvalue weighted by atomic mass is 9.84. The van der Waals surface area contributed by atoms with E-state index in [1.807, 2.05) is 29.6 Å².